The molecule has 2 aromatic rings. The largest absolute Gasteiger partial charge is 0.445 e. The summed E-state index contributed by atoms with van der Waals surface area (Å²) in [7, 11) is 0. The zero-order valence-electron chi connectivity index (χ0n) is 14.1. The molecule has 1 atom stereocenters. The highest BCUT2D eigenvalue weighted by atomic mass is 19.1. The van der Waals surface area contributed by atoms with E-state index in [1.54, 1.807) is 17.9 Å². The quantitative estimate of drug-likeness (QED) is 0.841. The first-order valence-corrected chi connectivity index (χ1v) is 8.29. The summed E-state index contributed by atoms with van der Waals surface area (Å²) in [6, 6.07) is 13.4. The van der Waals surface area contributed by atoms with Crippen LogP contribution in [0.4, 0.5) is 9.18 Å². The van der Waals surface area contributed by atoms with Crippen molar-refractivity contribution in [1.29, 1.82) is 0 Å². The Morgan fingerprint density at radius 3 is 2.72 bits per heavy atom. The maximum absolute atomic E-state index is 13.4. The minimum Gasteiger partial charge on any atom is -0.445 e. The number of aryl methyl sites for hydroxylation is 1. The van der Waals surface area contributed by atoms with Gasteiger partial charge in [0.1, 0.15) is 18.2 Å². The van der Waals surface area contributed by atoms with E-state index in [1.807, 2.05) is 30.3 Å². The summed E-state index contributed by atoms with van der Waals surface area (Å²) in [5, 5.41) is 0. The number of benzene rings is 2. The fourth-order valence-electron chi connectivity index (χ4n) is 3.14. The first kappa shape index (κ1) is 17.1. The number of halogens is 1. The molecule has 1 amide bonds. The normalized spacial score (nSPS) is 17.4. The predicted octanol–water partition coefficient (Wildman–Crippen LogP) is 4.18. The molecular weight excluding hydrogens is 321 g/mol. The summed E-state index contributed by atoms with van der Waals surface area (Å²) in [5.74, 6) is -0.234. The zero-order chi connectivity index (χ0) is 17.8. The molecule has 3 rings (SSSR count). The lowest BCUT2D eigenvalue weighted by atomic mass is 9.92. The van der Waals surface area contributed by atoms with E-state index in [-0.39, 0.29) is 24.6 Å². The van der Waals surface area contributed by atoms with Gasteiger partial charge in [-0.25, -0.2) is 9.18 Å². The Morgan fingerprint density at radius 1 is 1.24 bits per heavy atom. The third-order valence-corrected chi connectivity index (χ3v) is 4.46. The number of hydrogen-bond donors (Lipinski definition) is 0. The molecule has 1 heterocycles. The average molecular weight is 341 g/mol. The maximum Gasteiger partial charge on any atom is 0.410 e. The molecule has 1 aliphatic rings. The van der Waals surface area contributed by atoms with E-state index in [2.05, 4.69) is 0 Å². The molecule has 130 valence electrons. The van der Waals surface area contributed by atoms with Gasteiger partial charge in [0.2, 0.25) is 0 Å². The standard InChI is InChI=1S/C20H20FNO3/c1-14-11-16(21)7-8-18(14)19-12-17(23)9-10-22(19)20(24)25-13-15-5-3-2-4-6-15/h2-8,11,19H,9-10,12-13H2,1H3/t19-/m1/s1. The Hall–Kier alpha value is -2.69. The number of piperidine rings is 1. The number of nitrogens with zero attached hydrogens (tertiary/aromatic N) is 1. The van der Waals surface area contributed by atoms with Crippen molar-refractivity contribution in [3.05, 3.63) is 71.0 Å². The number of rotatable bonds is 3. The Bertz CT molecular complexity index is 776. The Morgan fingerprint density at radius 2 is 2.00 bits per heavy atom. The van der Waals surface area contributed by atoms with Gasteiger partial charge in [0.25, 0.3) is 0 Å². The van der Waals surface area contributed by atoms with Crippen molar-refractivity contribution < 1.29 is 18.7 Å². The van der Waals surface area contributed by atoms with Crippen LogP contribution in [-0.4, -0.2) is 23.3 Å². The minimum absolute atomic E-state index is 0.0980. The molecular formula is C20H20FNO3. The molecule has 5 heteroatoms. The molecule has 0 spiro atoms. The van der Waals surface area contributed by atoms with E-state index < -0.39 is 12.1 Å². The number of amides is 1. The van der Waals surface area contributed by atoms with E-state index in [0.717, 1.165) is 16.7 Å². The fraction of sp³-hybridized carbons (Fsp3) is 0.300. The Balaban J connectivity index is 1.77. The molecule has 1 saturated heterocycles. The zero-order valence-corrected chi connectivity index (χ0v) is 14.1. The number of ketones is 1. The van der Waals surface area contributed by atoms with Crippen LogP contribution in [0.15, 0.2) is 48.5 Å². The summed E-state index contributed by atoms with van der Waals surface area (Å²) < 4.78 is 18.8. The molecule has 0 radical (unpaired) electrons. The molecule has 1 fully saturated rings. The minimum atomic E-state index is -0.454. The third-order valence-electron chi connectivity index (χ3n) is 4.46. The molecule has 0 aromatic heterocycles. The van der Waals surface area contributed by atoms with Crippen LogP contribution >= 0.6 is 0 Å². The predicted molar refractivity (Wildman–Crippen MR) is 91.5 cm³/mol. The fourth-order valence-corrected chi connectivity index (χ4v) is 3.14. The first-order chi connectivity index (χ1) is 12.0. The molecule has 0 saturated carbocycles. The van der Waals surface area contributed by atoms with Crippen molar-refractivity contribution in [1.82, 2.24) is 4.90 Å². The van der Waals surface area contributed by atoms with E-state index in [4.69, 9.17) is 4.74 Å². The summed E-state index contributed by atoms with van der Waals surface area (Å²) in [6.07, 6.45) is 0.0921. The number of ether oxygens (including phenoxy) is 1. The lowest BCUT2D eigenvalue weighted by molar-refractivity contribution is -0.122. The van der Waals surface area contributed by atoms with Gasteiger partial charge in [0.05, 0.1) is 6.04 Å². The number of Topliss-reactive ketones (excluding diaryl/α,β-unsaturated/α-hetero) is 1. The first-order valence-electron chi connectivity index (χ1n) is 8.29. The second-order valence-corrected chi connectivity index (χ2v) is 6.24. The van der Waals surface area contributed by atoms with Gasteiger partial charge in [-0.05, 0) is 35.7 Å². The van der Waals surface area contributed by atoms with Crippen molar-refractivity contribution in [2.45, 2.75) is 32.4 Å². The number of likely N-dealkylation sites (tertiary alicyclic amines) is 1. The van der Waals surface area contributed by atoms with Crippen LogP contribution in [0.5, 0.6) is 0 Å². The van der Waals surface area contributed by atoms with E-state index in [1.165, 1.54) is 12.1 Å². The second-order valence-electron chi connectivity index (χ2n) is 6.24. The highest BCUT2D eigenvalue weighted by Gasteiger charge is 2.33. The SMILES string of the molecule is Cc1cc(F)ccc1[C@H]1CC(=O)CCN1C(=O)OCc1ccccc1. The molecule has 4 nitrogen and oxygen atoms in total. The Kier molecular flexibility index (Phi) is 5.12. The summed E-state index contributed by atoms with van der Waals surface area (Å²) >= 11 is 0. The van der Waals surface area contributed by atoms with E-state index >= 15 is 0 Å². The van der Waals surface area contributed by atoms with E-state index in [9.17, 15) is 14.0 Å². The van der Waals surface area contributed by atoms with Crippen molar-refractivity contribution in [2.75, 3.05) is 6.54 Å². The third kappa shape index (κ3) is 4.05. The van der Waals surface area contributed by atoms with Gasteiger partial charge >= 0.3 is 6.09 Å². The smallest absolute Gasteiger partial charge is 0.410 e. The topological polar surface area (TPSA) is 46.6 Å². The van der Waals surface area contributed by atoms with Crippen molar-refractivity contribution in [3.63, 3.8) is 0 Å². The van der Waals surface area contributed by atoms with Crippen LogP contribution in [0.2, 0.25) is 0 Å². The number of carbonyl (C=O) groups excluding carboxylic acids is 2. The highest BCUT2D eigenvalue weighted by molar-refractivity contribution is 5.82. The van der Waals surface area contributed by atoms with Crippen molar-refractivity contribution in [3.8, 4) is 0 Å². The van der Waals surface area contributed by atoms with Crippen molar-refractivity contribution >= 4 is 11.9 Å². The van der Waals surface area contributed by atoms with Crippen LogP contribution in [0, 0.1) is 12.7 Å². The summed E-state index contributed by atoms with van der Waals surface area (Å²) in [4.78, 5) is 26.1. The Labute approximate surface area is 146 Å². The second kappa shape index (κ2) is 7.47. The van der Waals surface area contributed by atoms with Gasteiger partial charge in [-0.3, -0.25) is 4.79 Å². The highest BCUT2D eigenvalue weighted by Crippen LogP contribution is 2.32. The maximum atomic E-state index is 13.4. The lowest BCUT2D eigenvalue weighted by Gasteiger charge is -2.35. The van der Waals surface area contributed by atoms with Gasteiger partial charge < -0.3 is 9.64 Å². The van der Waals surface area contributed by atoms with Gasteiger partial charge in [-0.15, -0.1) is 0 Å². The van der Waals surface area contributed by atoms with Crippen molar-refractivity contribution in [2.24, 2.45) is 0 Å². The molecule has 0 aliphatic carbocycles. The molecule has 0 N–H and O–H groups in total. The van der Waals surface area contributed by atoms with Gasteiger partial charge in [0.15, 0.2) is 0 Å². The van der Waals surface area contributed by atoms with Crippen LogP contribution in [0.1, 0.15) is 35.6 Å². The lowest BCUT2D eigenvalue weighted by Crippen LogP contribution is -2.41. The van der Waals surface area contributed by atoms with Gasteiger partial charge in [-0.2, -0.15) is 0 Å². The molecule has 0 bridgehead atoms. The van der Waals surface area contributed by atoms with Gasteiger partial charge in [-0.1, -0.05) is 36.4 Å². The molecule has 0 unspecified atom stereocenters. The molecule has 25 heavy (non-hydrogen) atoms. The summed E-state index contributed by atoms with van der Waals surface area (Å²) in [5.41, 5.74) is 2.41. The average Bonchev–Trinajstić information content (AvgIpc) is 2.60. The van der Waals surface area contributed by atoms with Crippen LogP contribution in [0.25, 0.3) is 0 Å². The molecule has 2 aromatic carbocycles. The summed E-state index contributed by atoms with van der Waals surface area (Å²) in [6.45, 7) is 2.28. The van der Waals surface area contributed by atoms with Gasteiger partial charge in [0, 0.05) is 19.4 Å². The number of hydrogen-bond acceptors (Lipinski definition) is 3. The van der Waals surface area contributed by atoms with Crippen LogP contribution in [0.3, 0.4) is 0 Å². The van der Waals surface area contributed by atoms with E-state index in [0.29, 0.717) is 13.0 Å². The number of carbonyl (C=O) groups is 2. The van der Waals surface area contributed by atoms with Crippen LogP contribution in [-0.2, 0) is 16.1 Å². The monoisotopic (exact) mass is 341 g/mol. The molecule has 1 aliphatic heterocycles. The van der Waals surface area contributed by atoms with Crippen LogP contribution < -0.4 is 0 Å².